The average molecular weight is 572 g/mol. The largest absolute Gasteiger partial charge is 0.369 e. The smallest absolute Gasteiger partial charge is 0.0912 e. The van der Waals surface area contributed by atoms with E-state index in [-0.39, 0.29) is 0 Å². The van der Waals surface area contributed by atoms with Crippen molar-refractivity contribution >= 4 is 0 Å². The minimum Gasteiger partial charge on any atom is -0.369 e. The fraction of sp³-hybridized carbons (Fsp3) is 0.975. The van der Waals surface area contributed by atoms with Gasteiger partial charge in [-0.25, -0.2) is 0 Å². The molecule has 241 valence electrons. The van der Waals surface area contributed by atoms with Crippen LogP contribution in [-0.4, -0.2) is 12.2 Å². The summed E-state index contributed by atoms with van der Waals surface area (Å²) in [6.45, 7) is 4.63. The van der Waals surface area contributed by atoms with Crippen LogP contribution in [0, 0.1) is 17.3 Å². The van der Waals surface area contributed by atoms with Gasteiger partial charge in [0.1, 0.15) is 0 Å². The lowest BCUT2D eigenvalue weighted by atomic mass is 9.53. The van der Waals surface area contributed by atoms with Crippen molar-refractivity contribution in [1.82, 2.24) is 0 Å². The van der Waals surface area contributed by atoms with Crippen LogP contribution in [-0.2, 0) is 4.74 Å². The van der Waals surface area contributed by atoms with E-state index in [1.54, 1.807) is 0 Å². The monoisotopic (exact) mass is 572 g/mol. The number of epoxide rings is 1. The number of hydrogen-bond acceptors (Lipinski definition) is 1. The van der Waals surface area contributed by atoms with Crippen LogP contribution in [0.15, 0.2) is 0 Å². The van der Waals surface area contributed by atoms with Crippen molar-refractivity contribution in [2.75, 3.05) is 0 Å². The lowest BCUT2D eigenvalue weighted by Crippen LogP contribution is -2.45. The standard InChI is InChI=1S/C40H75O/c1-3-5-7-9-11-13-15-17-19-21-23-25-27-29-33-40(35-36-31-32-37(40)39-38(36)41-39)34-30-28-26-24-22-20-18-16-14-12-10-8-6-4-2/h36,38-39H,3-35H2,1-2H3. The Kier molecular flexibility index (Phi) is 19.4. The van der Waals surface area contributed by atoms with Gasteiger partial charge in [0.2, 0.25) is 0 Å². The highest BCUT2D eigenvalue weighted by molar-refractivity contribution is 5.27. The predicted octanol–water partition coefficient (Wildman–Crippen LogP) is 13.9. The van der Waals surface area contributed by atoms with Crippen molar-refractivity contribution in [1.29, 1.82) is 0 Å². The summed E-state index contributed by atoms with van der Waals surface area (Å²) in [5.41, 5.74) is 0.578. The van der Waals surface area contributed by atoms with Crippen LogP contribution in [0.1, 0.15) is 226 Å². The minimum absolute atomic E-state index is 0.578. The van der Waals surface area contributed by atoms with E-state index < -0.39 is 0 Å². The summed E-state index contributed by atoms with van der Waals surface area (Å²) in [6, 6.07) is 0. The molecule has 1 nitrogen and oxygen atoms in total. The molecule has 3 atom stereocenters. The van der Waals surface area contributed by atoms with E-state index in [4.69, 9.17) is 4.74 Å². The van der Waals surface area contributed by atoms with E-state index in [1.165, 1.54) is 212 Å². The van der Waals surface area contributed by atoms with Crippen LogP contribution in [0.4, 0.5) is 0 Å². The Bertz CT molecular complexity index is 566. The van der Waals surface area contributed by atoms with E-state index in [0.717, 1.165) is 5.92 Å². The lowest BCUT2D eigenvalue weighted by Gasteiger charge is -2.50. The van der Waals surface area contributed by atoms with Gasteiger partial charge in [-0.15, -0.1) is 0 Å². The van der Waals surface area contributed by atoms with Crippen molar-refractivity contribution in [2.24, 2.45) is 11.3 Å². The van der Waals surface area contributed by atoms with Crippen molar-refractivity contribution in [3.63, 3.8) is 0 Å². The van der Waals surface area contributed by atoms with Crippen LogP contribution in [0.3, 0.4) is 0 Å². The van der Waals surface area contributed by atoms with Gasteiger partial charge in [0, 0.05) is 5.92 Å². The second-order valence-electron chi connectivity index (χ2n) is 15.0. The van der Waals surface area contributed by atoms with Crippen LogP contribution in [0.5, 0.6) is 0 Å². The SMILES string of the molecule is CCCCCCCCCCCCCCCCC1(CCCCCCCCCCCCCCCC)CC2CC[C]1C1OC21. The summed E-state index contributed by atoms with van der Waals surface area (Å²) < 4.78 is 6.23. The summed E-state index contributed by atoms with van der Waals surface area (Å²) in [4.78, 5) is 0. The first kappa shape index (κ1) is 35.4. The Labute approximate surface area is 259 Å². The molecule has 0 aromatic rings. The Morgan fingerprint density at radius 2 is 0.829 bits per heavy atom. The molecule has 1 radical (unpaired) electrons. The van der Waals surface area contributed by atoms with Gasteiger partial charge in [-0.1, -0.05) is 194 Å². The number of unbranched alkanes of at least 4 members (excludes halogenated alkanes) is 26. The van der Waals surface area contributed by atoms with Gasteiger partial charge in [0.05, 0.1) is 12.2 Å². The molecular formula is C40H75O. The van der Waals surface area contributed by atoms with Gasteiger partial charge >= 0.3 is 0 Å². The molecule has 3 aliphatic carbocycles. The molecular weight excluding hydrogens is 496 g/mol. The zero-order chi connectivity index (χ0) is 28.9. The van der Waals surface area contributed by atoms with Gasteiger partial charge in [-0.05, 0) is 43.4 Å². The first-order valence-corrected chi connectivity index (χ1v) is 19.8. The third-order valence-corrected chi connectivity index (χ3v) is 11.5. The van der Waals surface area contributed by atoms with Gasteiger partial charge in [-0.3, -0.25) is 0 Å². The molecule has 1 aliphatic heterocycles. The van der Waals surface area contributed by atoms with Crippen LogP contribution in [0.2, 0.25) is 0 Å². The second kappa shape index (κ2) is 22.5. The molecule has 2 bridgehead atoms. The fourth-order valence-corrected chi connectivity index (χ4v) is 8.79. The van der Waals surface area contributed by atoms with Gasteiger partial charge in [0.15, 0.2) is 0 Å². The highest BCUT2D eigenvalue weighted by Crippen LogP contribution is 2.65. The normalized spacial score (nSPS) is 22.8. The van der Waals surface area contributed by atoms with Crippen molar-refractivity contribution in [3.05, 3.63) is 5.92 Å². The fourth-order valence-electron chi connectivity index (χ4n) is 8.79. The second-order valence-corrected chi connectivity index (χ2v) is 15.0. The molecule has 0 amide bonds. The third-order valence-electron chi connectivity index (χ3n) is 11.5. The zero-order valence-electron chi connectivity index (χ0n) is 28.5. The number of fused-ring (bicyclic) bond motifs is 2. The zero-order valence-corrected chi connectivity index (χ0v) is 28.5. The van der Waals surface area contributed by atoms with Crippen molar-refractivity contribution in [3.8, 4) is 0 Å². The average Bonchev–Trinajstić information content (AvgIpc) is 3.81. The molecule has 0 spiro atoms. The number of ether oxygens (including phenoxy) is 1. The molecule has 0 aromatic heterocycles. The highest BCUT2D eigenvalue weighted by Gasteiger charge is 2.64. The molecule has 4 rings (SSSR count). The summed E-state index contributed by atoms with van der Waals surface area (Å²) in [7, 11) is 0. The Hall–Kier alpha value is -0.0400. The van der Waals surface area contributed by atoms with E-state index in [9.17, 15) is 0 Å². The summed E-state index contributed by atoms with van der Waals surface area (Å²) >= 11 is 0. The molecule has 3 saturated carbocycles. The quantitative estimate of drug-likeness (QED) is 0.0617. The maximum Gasteiger partial charge on any atom is 0.0912 e. The van der Waals surface area contributed by atoms with Crippen molar-refractivity contribution in [2.45, 2.75) is 238 Å². The molecule has 0 N–H and O–H groups in total. The van der Waals surface area contributed by atoms with E-state index in [1.807, 2.05) is 5.92 Å². The molecule has 3 unspecified atom stereocenters. The van der Waals surface area contributed by atoms with Crippen LogP contribution in [0.25, 0.3) is 0 Å². The maximum atomic E-state index is 6.23. The molecule has 1 heterocycles. The molecule has 1 saturated heterocycles. The Morgan fingerprint density at radius 3 is 1.17 bits per heavy atom. The third kappa shape index (κ3) is 14.1. The van der Waals surface area contributed by atoms with Gasteiger partial charge in [-0.2, -0.15) is 0 Å². The Balaban J connectivity index is 1.18. The van der Waals surface area contributed by atoms with Crippen molar-refractivity contribution < 1.29 is 4.74 Å². The Morgan fingerprint density at radius 1 is 0.488 bits per heavy atom. The minimum atomic E-state index is 0.578. The molecule has 1 heteroatoms. The number of rotatable bonds is 30. The summed E-state index contributed by atoms with van der Waals surface area (Å²) in [5, 5.41) is 0. The summed E-state index contributed by atoms with van der Waals surface area (Å²) in [5.74, 6) is 2.80. The number of hydrogen-bond donors (Lipinski definition) is 0. The first-order chi connectivity index (χ1) is 20.3. The van der Waals surface area contributed by atoms with Crippen LogP contribution >= 0.6 is 0 Å². The van der Waals surface area contributed by atoms with E-state index in [2.05, 4.69) is 13.8 Å². The van der Waals surface area contributed by atoms with E-state index in [0.29, 0.717) is 17.6 Å². The van der Waals surface area contributed by atoms with E-state index >= 15 is 0 Å². The van der Waals surface area contributed by atoms with Gasteiger partial charge in [0.25, 0.3) is 0 Å². The molecule has 41 heavy (non-hydrogen) atoms. The topological polar surface area (TPSA) is 12.5 Å². The molecule has 4 aliphatic rings. The lowest BCUT2D eigenvalue weighted by molar-refractivity contribution is 0.103. The molecule has 4 fully saturated rings. The highest BCUT2D eigenvalue weighted by atomic mass is 16.6. The molecule has 0 aromatic carbocycles. The predicted molar refractivity (Wildman–Crippen MR) is 182 cm³/mol. The summed E-state index contributed by atoms with van der Waals surface area (Å²) in [6.07, 6.45) is 49.7. The van der Waals surface area contributed by atoms with Gasteiger partial charge < -0.3 is 4.74 Å². The first-order valence-electron chi connectivity index (χ1n) is 19.8. The maximum absolute atomic E-state index is 6.23. The van der Waals surface area contributed by atoms with Crippen LogP contribution < -0.4 is 0 Å².